The van der Waals surface area contributed by atoms with Crippen LogP contribution in [0.5, 0.6) is 5.75 Å². The first-order valence-corrected chi connectivity index (χ1v) is 8.29. The maximum atomic E-state index is 10.1. The summed E-state index contributed by atoms with van der Waals surface area (Å²) in [4.78, 5) is 4.44. The topological polar surface area (TPSA) is 77.1 Å². The zero-order valence-electron chi connectivity index (χ0n) is 14.2. The van der Waals surface area contributed by atoms with E-state index in [2.05, 4.69) is 4.99 Å². The average molecular weight is 338 g/mol. The summed E-state index contributed by atoms with van der Waals surface area (Å²) in [6.45, 7) is 2.75. The first-order valence-electron chi connectivity index (χ1n) is 8.29. The van der Waals surface area contributed by atoms with Crippen molar-refractivity contribution in [3.63, 3.8) is 0 Å². The zero-order chi connectivity index (χ0) is 17.6. The first kappa shape index (κ1) is 17.2. The third-order valence-corrected chi connectivity index (χ3v) is 3.88. The van der Waals surface area contributed by atoms with E-state index in [1.54, 1.807) is 0 Å². The number of fused-ring (bicyclic) bond motifs is 1. The molecule has 0 aliphatic carbocycles. The maximum absolute atomic E-state index is 10.1. The number of aliphatic imine (C=N–C) groups is 1. The van der Waals surface area contributed by atoms with Gasteiger partial charge >= 0.3 is 0 Å². The Morgan fingerprint density at radius 3 is 2.76 bits per heavy atom. The van der Waals surface area contributed by atoms with Gasteiger partial charge in [-0.3, -0.25) is 0 Å². The van der Waals surface area contributed by atoms with Gasteiger partial charge in [-0.2, -0.15) is 0 Å². The highest BCUT2D eigenvalue weighted by molar-refractivity contribution is 5.90. The molecule has 0 bridgehead atoms. The van der Waals surface area contributed by atoms with Crippen LogP contribution in [0.2, 0.25) is 0 Å². The molecule has 0 aromatic heterocycles. The summed E-state index contributed by atoms with van der Waals surface area (Å²) < 4.78 is 11.1. The molecule has 1 aliphatic heterocycles. The molecule has 0 amide bonds. The van der Waals surface area contributed by atoms with Gasteiger partial charge in [-0.1, -0.05) is 30.3 Å². The third kappa shape index (κ3) is 4.47. The lowest BCUT2D eigenvalue weighted by Crippen LogP contribution is -2.20. The number of amidine groups is 1. The molecule has 130 valence electrons. The molecule has 1 atom stereocenters. The quantitative estimate of drug-likeness (QED) is 0.792. The molecule has 0 radical (unpaired) electrons. The fraction of sp³-hybridized carbons (Fsp3) is 0.250. The van der Waals surface area contributed by atoms with Gasteiger partial charge in [0.1, 0.15) is 18.2 Å². The van der Waals surface area contributed by atoms with Crippen molar-refractivity contribution in [2.75, 3.05) is 6.61 Å². The summed E-state index contributed by atoms with van der Waals surface area (Å²) in [7, 11) is 0. The van der Waals surface area contributed by atoms with Crippen molar-refractivity contribution in [1.29, 1.82) is 0 Å². The zero-order valence-corrected chi connectivity index (χ0v) is 14.2. The Morgan fingerprint density at radius 1 is 1.20 bits per heavy atom. The lowest BCUT2D eigenvalue weighted by Gasteiger charge is -2.13. The Balaban J connectivity index is 1.81. The van der Waals surface area contributed by atoms with Gasteiger partial charge in [0.15, 0.2) is 6.29 Å². The van der Waals surface area contributed by atoms with Gasteiger partial charge in [0.05, 0.1) is 5.69 Å². The van der Waals surface area contributed by atoms with Crippen LogP contribution in [0.3, 0.4) is 0 Å². The van der Waals surface area contributed by atoms with Gasteiger partial charge in [0, 0.05) is 24.7 Å². The molecule has 0 spiro atoms. The van der Waals surface area contributed by atoms with Gasteiger partial charge in [0.2, 0.25) is 0 Å². The minimum atomic E-state index is -0.973. The molecular weight excluding hydrogens is 316 g/mol. The number of nitrogens with two attached hydrogens (primary N) is 1. The van der Waals surface area contributed by atoms with Crippen molar-refractivity contribution in [2.45, 2.75) is 26.2 Å². The normalized spacial score (nSPS) is 14.8. The van der Waals surface area contributed by atoms with Crippen molar-refractivity contribution in [2.24, 2.45) is 10.7 Å². The summed E-state index contributed by atoms with van der Waals surface area (Å²) in [5, 5.41) is 10.1. The Labute approximate surface area is 147 Å². The molecule has 1 unspecified atom stereocenters. The molecule has 1 heterocycles. The number of rotatable bonds is 6. The molecule has 3 N–H and O–H groups in total. The Hall–Kier alpha value is -2.63. The van der Waals surface area contributed by atoms with Crippen LogP contribution < -0.4 is 10.5 Å². The van der Waals surface area contributed by atoms with Crippen LogP contribution in [0.25, 0.3) is 6.08 Å². The highest BCUT2D eigenvalue weighted by atomic mass is 16.6. The van der Waals surface area contributed by atoms with E-state index in [0.29, 0.717) is 31.0 Å². The second kappa shape index (κ2) is 7.96. The molecule has 0 saturated carbocycles. The van der Waals surface area contributed by atoms with E-state index in [1.165, 1.54) is 0 Å². The summed E-state index contributed by atoms with van der Waals surface area (Å²) in [6, 6.07) is 15.6. The second-order valence-corrected chi connectivity index (χ2v) is 5.80. The number of aliphatic hydroxyl groups is 1. The van der Waals surface area contributed by atoms with Gasteiger partial charge in [-0.25, -0.2) is 4.99 Å². The number of hydrogen-bond acceptors (Lipinski definition) is 5. The number of aliphatic hydroxyl groups excluding tert-OH is 1. The SMILES string of the molecule is CCOC(O)C1=Cc2ccc(OCc3ccccc3)cc2N=C(N)C1. The van der Waals surface area contributed by atoms with E-state index in [9.17, 15) is 5.11 Å². The summed E-state index contributed by atoms with van der Waals surface area (Å²) in [5.41, 5.74) is 9.38. The summed E-state index contributed by atoms with van der Waals surface area (Å²) >= 11 is 0. The van der Waals surface area contributed by atoms with Crippen LogP contribution in [0.15, 0.2) is 59.1 Å². The van der Waals surface area contributed by atoms with Crippen molar-refractivity contribution >= 4 is 17.6 Å². The fourth-order valence-corrected chi connectivity index (χ4v) is 2.65. The van der Waals surface area contributed by atoms with Gasteiger partial charge in [-0.05, 0) is 36.3 Å². The monoisotopic (exact) mass is 338 g/mol. The van der Waals surface area contributed by atoms with Crippen molar-refractivity contribution < 1.29 is 14.6 Å². The van der Waals surface area contributed by atoms with E-state index in [1.807, 2.05) is 61.5 Å². The van der Waals surface area contributed by atoms with E-state index < -0.39 is 6.29 Å². The first-order chi connectivity index (χ1) is 12.2. The summed E-state index contributed by atoms with van der Waals surface area (Å²) in [5.74, 6) is 1.16. The van der Waals surface area contributed by atoms with Crippen molar-refractivity contribution in [3.05, 3.63) is 65.2 Å². The molecule has 3 rings (SSSR count). The van der Waals surface area contributed by atoms with Gasteiger partial charge in [0.25, 0.3) is 0 Å². The molecule has 0 saturated heterocycles. The standard InChI is InChI=1S/C20H22N2O3/c1-2-24-20(23)16-10-15-8-9-17(12-18(15)22-19(21)11-16)25-13-14-6-4-3-5-7-14/h3-10,12,20,23H,2,11,13H2,1H3,(H2,21,22). The lowest BCUT2D eigenvalue weighted by molar-refractivity contribution is -0.0670. The van der Waals surface area contributed by atoms with E-state index in [-0.39, 0.29) is 0 Å². The molecule has 25 heavy (non-hydrogen) atoms. The molecule has 0 fully saturated rings. The predicted octanol–water partition coefficient (Wildman–Crippen LogP) is 3.40. The molecule has 5 heteroatoms. The van der Waals surface area contributed by atoms with Crippen LogP contribution in [-0.4, -0.2) is 23.8 Å². The Bertz CT molecular complexity index is 785. The highest BCUT2D eigenvalue weighted by Crippen LogP contribution is 2.31. The molecule has 1 aliphatic rings. The number of ether oxygens (including phenoxy) is 2. The number of benzene rings is 2. The van der Waals surface area contributed by atoms with Gasteiger partial charge in [-0.15, -0.1) is 0 Å². The summed E-state index contributed by atoms with van der Waals surface area (Å²) in [6.07, 6.45) is 1.27. The van der Waals surface area contributed by atoms with E-state index in [4.69, 9.17) is 15.2 Å². The van der Waals surface area contributed by atoms with Crippen LogP contribution in [0.4, 0.5) is 5.69 Å². The fourth-order valence-electron chi connectivity index (χ4n) is 2.65. The van der Waals surface area contributed by atoms with E-state index in [0.717, 1.165) is 22.6 Å². The predicted molar refractivity (Wildman–Crippen MR) is 98.7 cm³/mol. The maximum Gasteiger partial charge on any atom is 0.177 e. The van der Waals surface area contributed by atoms with Crippen LogP contribution >= 0.6 is 0 Å². The minimum Gasteiger partial charge on any atom is -0.489 e. The van der Waals surface area contributed by atoms with E-state index >= 15 is 0 Å². The molecule has 2 aromatic rings. The van der Waals surface area contributed by atoms with Crippen molar-refractivity contribution in [1.82, 2.24) is 0 Å². The third-order valence-electron chi connectivity index (χ3n) is 3.88. The molecule has 2 aromatic carbocycles. The van der Waals surface area contributed by atoms with Crippen molar-refractivity contribution in [3.8, 4) is 5.75 Å². The Kier molecular flexibility index (Phi) is 5.48. The molecular formula is C20H22N2O3. The smallest absolute Gasteiger partial charge is 0.177 e. The largest absolute Gasteiger partial charge is 0.489 e. The van der Waals surface area contributed by atoms with Crippen LogP contribution in [-0.2, 0) is 11.3 Å². The Morgan fingerprint density at radius 2 is 2.00 bits per heavy atom. The van der Waals surface area contributed by atoms with Gasteiger partial charge < -0.3 is 20.3 Å². The number of nitrogens with zero attached hydrogens (tertiary/aromatic N) is 1. The molecule has 5 nitrogen and oxygen atoms in total. The lowest BCUT2D eigenvalue weighted by atomic mass is 10.1. The average Bonchev–Trinajstić information content (AvgIpc) is 2.78. The highest BCUT2D eigenvalue weighted by Gasteiger charge is 2.17. The second-order valence-electron chi connectivity index (χ2n) is 5.80. The number of hydrogen-bond donors (Lipinski definition) is 2. The van der Waals surface area contributed by atoms with Crippen LogP contribution in [0.1, 0.15) is 24.5 Å². The minimum absolute atomic E-state index is 0.371. The van der Waals surface area contributed by atoms with Crippen LogP contribution in [0, 0.1) is 0 Å².